The smallest absolute Gasteiger partial charge is 0.251 e. The second kappa shape index (κ2) is 5.22. The fourth-order valence-electron chi connectivity index (χ4n) is 2.43. The molecule has 0 saturated heterocycles. The maximum absolute atomic E-state index is 11.9. The van der Waals surface area contributed by atoms with Gasteiger partial charge in [0.2, 0.25) is 0 Å². The molecule has 0 aliphatic carbocycles. The molecule has 2 aromatic rings. The van der Waals surface area contributed by atoms with E-state index in [0.717, 1.165) is 25.2 Å². The number of aromatic nitrogens is 3. The molecule has 0 unspecified atom stereocenters. The Bertz CT molecular complexity index is 564. The number of hydrogen-bond donors (Lipinski definition) is 1. The third-order valence-corrected chi connectivity index (χ3v) is 3.55. The van der Waals surface area contributed by atoms with Crippen LogP contribution in [-0.4, -0.2) is 27.0 Å². The van der Waals surface area contributed by atoms with Gasteiger partial charge in [-0.15, -0.1) is 0 Å². The van der Waals surface area contributed by atoms with Crippen LogP contribution in [0.4, 0.5) is 0 Å². The first-order valence-corrected chi connectivity index (χ1v) is 6.51. The molecule has 1 amide bonds. The molecule has 3 rings (SSSR count). The molecule has 0 saturated carbocycles. The van der Waals surface area contributed by atoms with E-state index in [1.807, 2.05) is 12.4 Å². The number of carbonyl (C=O) groups is 1. The topological polar surface area (TPSA) is 59.8 Å². The average Bonchev–Trinajstić information content (AvgIpc) is 2.93. The Morgan fingerprint density at radius 3 is 3.05 bits per heavy atom. The number of fused-ring (bicyclic) bond motifs is 1. The largest absolute Gasteiger partial charge is 0.352 e. The summed E-state index contributed by atoms with van der Waals surface area (Å²) in [4.78, 5) is 20.2. The van der Waals surface area contributed by atoms with Gasteiger partial charge in [0.1, 0.15) is 5.82 Å². The van der Waals surface area contributed by atoms with E-state index in [-0.39, 0.29) is 5.91 Å². The van der Waals surface area contributed by atoms with Crippen LogP contribution < -0.4 is 5.32 Å². The number of hydrogen-bond acceptors (Lipinski definition) is 3. The molecule has 98 valence electrons. The number of imidazole rings is 1. The minimum atomic E-state index is -0.0312. The Morgan fingerprint density at radius 2 is 2.21 bits per heavy atom. The molecule has 1 aliphatic rings. The summed E-state index contributed by atoms with van der Waals surface area (Å²) in [5.74, 6) is 1.56. The zero-order valence-electron chi connectivity index (χ0n) is 10.6. The predicted molar refractivity (Wildman–Crippen MR) is 70.6 cm³/mol. The fraction of sp³-hybridized carbons (Fsp3) is 0.357. The van der Waals surface area contributed by atoms with Gasteiger partial charge in [0.05, 0.1) is 0 Å². The van der Waals surface area contributed by atoms with Gasteiger partial charge in [-0.05, 0) is 24.5 Å². The van der Waals surface area contributed by atoms with Crippen LogP contribution in [-0.2, 0) is 13.0 Å². The van der Waals surface area contributed by atoms with Gasteiger partial charge in [-0.2, -0.15) is 0 Å². The molecule has 0 spiro atoms. The summed E-state index contributed by atoms with van der Waals surface area (Å²) in [7, 11) is 0. The molecule has 1 N–H and O–H groups in total. The quantitative estimate of drug-likeness (QED) is 0.899. The third kappa shape index (κ3) is 2.65. The van der Waals surface area contributed by atoms with Gasteiger partial charge in [-0.3, -0.25) is 9.78 Å². The first-order chi connectivity index (χ1) is 9.33. The van der Waals surface area contributed by atoms with Crippen LogP contribution in [0.2, 0.25) is 0 Å². The van der Waals surface area contributed by atoms with Crippen molar-refractivity contribution in [1.82, 2.24) is 19.9 Å². The Labute approximate surface area is 111 Å². The predicted octanol–water partition coefficient (Wildman–Crippen LogP) is 1.27. The third-order valence-electron chi connectivity index (χ3n) is 3.55. The monoisotopic (exact) mass is 256 g/mol. The summed E-state index contributed by atoms with van der Waals surface area (Å²) >= 11 is 0. The lowest BCUT2D eigenvalue weighted by Crippen LogP contribution is -2.33. The number of carbonyl (C=O) groups excluding carboxylic acids is 1. The van der Waals surface area contributed by atoms with Gasteiger partial charge in [0.25, 0.3) is 5.91 Å². The maximum atomic E-state index is 11.9. The highest BCUT2D eigenvalue weighted by Crippen LogP contribution is 2.18. The number of rotatable bonds is 3. The zero-order valence-corrected chi connectivity index (χ0v) is 10.6. The molecule has 0 radical (unpaired) electrons. The SMILES string of the molecule is O=C(NC[C@H]1CCn2ccnc2C1)c1ccncc1. The lowest BCUT2D eigenvalue weighted by molar-refractivity contribution is 0.0944. The fourth-order valence-corrected chi connectivity index (χ4v) is 2.43. The van der Waals surface area contributed by atoms with Gasteiger partial charge in [-0.1, -0.05) is 0 Å². The van der Waals surface area contributed by atoms with Crippen molar-refractivity contribution in [1.29, 1.82) is 0 Å². The van der Waals surface area contributed by atoms with E-state index >= 15 is 0 Å². The van der Waals surface area contributed by atoms with Crippen LogP contribution in [0.25, 0.3) is 0 Å². The molecule has 5 nitrogen and oxygen atoms in total. The molecular formula is C14H16N4O. The number of amides is 1. The second-order valence-electron chi connectivity index (χ2n) is 4.84. The lowest BCUT2D eigenvalue weighted by atomic mass is 9.98. The van der Waals surface area contributed by atoms with Gasteiger partial charge in [-0.25, -0.2) is 4.98 Å². The Hall–Kier alpha value is -2.17. The van der Waals surface area contributed by atoms with Crippen LogP contribution in [0.1, 0.15) is 22.6 Å². The first kappa shape index (κ1) is 11.9. The summed E-state index contributed by atoms with van der Waals surface area (Å²) < 4.78 is 2.18. The molecule has 3 heterocycles. The molecule has 1 aliphatic heterocycles. The summed E-state index contributed by atoms with van der Waals surface area (Å²) in [6.07, 6.45) is 9.14. The Morgan fingerprint density at radius 1 is 1.37 bits per heavy atom. The molecule has 2 aromatic heterocycles. The molecule has 0 aromatic carbocycles. The maximum Gasteiger partial charge on any atom is 0.251 e. The summed E-state index contributed by atoms with van der Waals surface area (Å²) in [6.45, 7) is 1.69. The van der Waals surface area contributed by atoms with Crippen molar-refractivity contribution in [2.75, 3.05) is 6.54 Å². The van der Waals surface area contributed by atoms with Crippen molar-refractivity contribution in [2.45, 2.75) is 19.4 Å². The minimum Gasteiger partial charge on any atom is -0.352 e. The molecule has 1 atom stereocenters. The van der Waals surface area contributed by atoms with Gasteiger partial charge in [0, 0.05) is 49.9 Å². The van der Waals surface area contributed by atoms with E-state index in [1.165, 1.54) is 0 Å². The average molecular weight is 256 g/mol. The van der Waals surface area contributed by atoms with Crippen molar-refractivity contribution in [2.24, 2.45) is 5.92 Å². The number of aryl methyl sites for hydroxylation is 1. The van der Waals surface area contributed by atoms with Crippen LogP contribution in [0.5, 0.6) is 0 Å². The highest BCUT2D eigenvalue weighted by Gasteiger charge is 2.19. The highest BCUT2D eigenvalue weighted by molar-refractivity contribution is 5.93. The Balaban J connectivity index is 1.55. The number of pyridine rings is 1. The standard InChI is InChI=1S/C14H16N4O/c19-14(12-1-4-15-5-2-12)17-10-11-3-7-18-8-6-16-13(18)9-11/h1-2,4-6,8,11H,3,7,9-10H2,(H,17,19)/t11-/m0/s1. The van der Waals surface area contributed by atoms with Crippen molar-refractivity contribution in [3.8, 4) is 0 Å². The van der Waals surface area contributed by atoms with E-state index in [2.05, 4.69) is 19.9 Å². The van der Waals surface area contributed by atoms with Crippen molar-refractivity contribution >= 4 is 5.91 Å². The highest BCUT2D eigenvalue weighted by atomic mass is 16.1. The molecule has 0 bridgehead atoms. The van der Waals surface area contributed by atoms with Crippen LogP contribution in [0.3, 0.4) is 0 Å². The molecular weight excluding hydrogens is 240 g/mol. The minimum absolute atomic E-state index is 0.0312. The summed E-state index contributed by atoms with van der Waals surface area (Å²) in [5, 5.41) is 2.99. The molecule has 0 fully saturated rings. The van der Waals surface area contributed by atoms with E-state index in [0.29, 0.717) is 18.0 Å². The van der Waals surface area contributed by atoms with Gasteiger partial charge < -0.3 is 9.88 Å². The van der Waals surface area contributed by atoms with Crippen molar-refractivity contribution < 1.29 is 4.79 Å². The lowest BCUT2D eigenvalue weighted by Gasteiger charge is -2.23. The summed E-state index contributed by atoms with van der Waals surface area (Å²) in [5.41, 5.74) is 0.660. The Kier molecular flexibility index (Phi) is 3.27. The summed E-state index contributed by atoms with van der Waals surface area (Å²) in [6, 6.07) is 3.45. The van der Waals surface area contributed by atoms with Crippen LogP contribution >= 0.6 is 0 Å². The van der Waals surface area contributed by atoms with E-state index in [1.54, 1.807) is 24.5 Å². The zero-order chi connectivity index (χ0) is 13.1. The van der Waals surface area contributed by atoms with Crippen molar-refractivity contribution in [3.05, 3.63) is 48.3 Å². The number of nitrogens with one attached hydrogen (secondary N) is 1. The number of nitrogens with zero attached hydrogens (tertiary/aromatic N) is 3. The van der Waals surface area contributed by atoms with Crippen molar-refractivity contribution in [3.63, 3.8) is 0 Å². The second-order valence-corrected chi connectivity index (χ2v) is 4.84. The van der Waals surface area contributed by atoms with Gasteiger partial charge in [0.15, 0.2) is 0 Å². The first-order valence-electron chi connectivity index (χ1n) is 6.51. The van der Waals surface area contributed by atoms with E-state index < -0.39 is 0 Å². The van der Waals surface area contributed by atoms with Crippen LogP contribution in [0.15, 0.2) is 36.9 Å². The van der Waals surface area contributed by atoms with E-state index in [9.17, 15) is 4.79 Å². The van der Waals surface area contributed by atoms with E-state index in [4.69, 9.17) is 0 Å². The van der Waals surface area contributed by atoms with Gasteiger partial charge >= 0.3 is 0 Å². The van der Waals surface area contributed by atoms with Crippen LogP contribution in [0, 0.1) is 5.92 Å². The normalized spacial score (nSPS) is 17.8. The molecule has 5 heteroatoms. The molecule has 19 heavy (non-hydrogen) atoms.